The quantitative estimate of drug-likeness (QED) is 0.857. The summed E-state index contributed by atoms with van der Waals surface area (Å²) in [4.78, 5) is 24.3. The Morgan fingerprint density at radius 3 is 2.50 bits per heavy atom. The van der Waals surface area contributed by atoms with Gasteiger partial charge in [0.2, 0.25) is 5.56 Å². The predicted molar refractivity (Wildman–Crippen MR) is 59.4 cm³/mol. The highest BCUT2D eigenvalue weighted by atomic mass is 19.1. The lowest BCUT2D eigenvalue weighted by atomic mass is 10.0. The zero-order valence-electron chi connectivity index (χ0n) is 8.91. The summed E-state index contributed by atoms with van der Waals surface area (Å²) in [5.41, 5.74) is -1.06. The first-order valence-electron chi connectivity index (χ1n) is 4.90. The Labute approximate surface area is 99.5 Å². The Balaban J connectivity index is 2.71. The number of H-pyrrole nitrogens is 1. The molecule has 0 fully saturated rings. The van der Waals surface area contributed by atoms with Crippen LogP contribution in [-0.2, 0) is 0 Å². The van der Waals surface area contributed by atoms with Crippen LogP contribution in [0, 0.1) is 11.6 Å². The Hall–Kier alpha value is -2.50. The molecule has 0 atom stereocenters. The Kier molecular flexibility index (Phi) is 2.93. The topological polar surface area (TPSA) is 70.2 Å². The largest absolute Gasteiger partial charge is 0.478 e. The van der Waals surface area contributed by atoms with E-state index in [9.17, 15) is 18.4 Å². The molecule has 0 aliphatic rings. The van der Waals surface area contributed by atoms with Crippen LogP contribution in [0.3, 0.4) is 0 Å². The Bertz CT molecular complexity index is 679. The van der Waals surface area contributed by atoms with Gasteiger partial charge < -0.3 is 10.1 Å². The molecule has 0 bridgehead atoms. The summed E-state index contributed by atoms with van der Waals surface area (Å²) in [5, 5.41) is 8.95. The van der Waals surface area contributed by atoms with Gasteiger partial charge in [-0.25, -0.2) is 13.6 Å². The van der Waals surface area contributed by atoms with E-state index in [1.807, 2.05) is 0 Å². The van der Waals surface area contributed by atoms with Crippen LogP contribution in [0.15, 0.2) is 35.3 Å². The van der Waals surface area contributed by atoms with E-state index in [-0.39, 0.29) is 16.7 Å². The summed E-state index contributed by atoms with van der Waals surface area (Å²) < 4.78 is 26.3. The fourth-order valence-electron chi connectivity index (χ4n) is 1.58. The van der Waals surface area contributed by atoms with Gasteiger partial charge in [-0.05, 0) is 12.1 Å². The fourth-order valence-corrected chi connectivity index (χ4v) is 1.58. The molecule has 1 aromatic carbocycles. The summed E-state index contributed by atoms with van der Waals surface area (Å²) in [6.07, 6.45) is 1.09. The van der Waals surface area contributed by atoms with Gasteiger partial charge in [-0.15, -0.1) is 0 Å². The molecule has 18 heavy (non-hydrogen) atoms. The third kappa shape index (κ3) is 2.13. The standard InChI is InChI=1S/C12H7F2NO3/c13-6-1-2-7(10(14)3-6)9-5-15-11(16)4-8(9)12(17)18/h1-5H,(H,15,16)(H,17,18). The highest BCUT2D eigenvalue weighted by molar-refractivity contribution is 5.95. The number of pyridine rings is 1. The molecule has 1 heterocycles. The van der Waals surface area contributed by atoms with Crippen molar-refractivity contribution in [3.8, 4) is 11.1 Å². The van der Waals surface area contributed by atoms with E-state index in [0.717, 1.165) is 24.4 Å². The smallest absolute Gasteiger partial charge is 0.336 e. The van der Waals surface area contributed by atoms with Gasteiger partial charge in [0.1, 0.15) is 11.6 Å². The number of rotatable bonds is 2. The number of benzene rings is 1. The molecule has 0 amide bonds. The second kappa shape index (κ2) is 4.40. The molecule has 1 aromatic heterocycles. The van der Waals surface area contributed by atoms with E-state index in [0.29, 0.717) is 6.07 Å². The molecular weight excluding hydrogens is 244 g/mol. The molecule has 2 N–H and O–H groups in total. The van der Waals surface area contributed by atoms with Gasteiger partial charge in [0.15, 0.2) is 0 Å². The second-order valence-electron chi connectivity index (χ2n) is 3.55. The lowest BCUT2D eigenvalue weighted by Crippen LogP contribution is -2.10. The van der Waals surface area contributed by atoms with Crippen LogP contribution < -0.4 is 5.56 Å². The fraction of sp³-hybridized carbons (Fsp3) is 0. The predicted octanol–water partition coefficient (Wildman–Crippen LogP) is 2.02. The number of halogens is 2. The van der Waals surface area contributed by atoms with Gasteiger partial charge in [-0.3, -0.25) is 4.79 Å². The molecule has 0 saturated carbocycles. The lowest BCUT2D eigenvalue weighted by molar-refractivity contribution is 0.0697. The van der Waals surface area contributed by atoms with Gasteiger partial charge in [-0.2, -0.15) is 0 Å². The van der Waals surface area contributed by atoms with Crippen molar-refractivity contribution in [2.45, 2.75) is 0 Å². The van der Waals surface area contributed by atoms with Crippen LogP contribution >= 0.6 is 0 Å². The number of nitrogens with one attached hydrogen (secondary N) is 1. The van der Waals surface area contributed by atoms with Gasteiger partial charge in [0.25, 0.3) is 0 Å². The number of carboxylic acids is 1. The zero-order valence-corrected chi connectivity index (χ0v) is 8.91. The normalized spacial score (nSPS) is 10.3. The molecule has 6 heteroatoms. The summed E-state index contributed by atoms with van der Waals surface area (Å²) in [7, 11) is 0. The monoisotopic (exact) mass is 251 g/mol. The molecule has 2 rings (SSSR count). The van der Waals surface area contributed by atoms with E-state index in [2.05, 4.69) is 4.98 Å². The number of carbonyl (C=O) groups is 1. The van der Waals surface area contributed by atoms with Crippen LogP contribution in [-0.4, -0.2) is 16.1 Å². The van der Waals surface area contributed by atoms with E-state index in [1.54, 1.807) is 0 Å². The minimum Gasteiger partial charge on any atom is -0.478 e. The second-order valence-corrected chi connectivity index (χ2v) is 3.55. The van der Waals surface area contributed by atoms with Crippen molar-refractivity contribution in [2.75, 3.05) is 0 Å². The van der Waals surface area contributed by atoms with Crippen LogP contribution in [0.2, 0.25) is 0 Å². The highest BCUT2D eigenvalue weighted by Crippen LogP contribution is 2.25. The first kappa shape index (κ1) is 12.0. The number of aromatic carboxylic acids is 1. The maximum Gasteiger partial charge on any atom is 0.336 e. The van der Waals surface area contributed by atoms with Crippen molar-refractivity contribution < 1.29 is 18.7 Å². The maximum absolute atomic E-state index is 13.6. The summed E-state index contributed by atoms with van der Waals surface area (Å²) >= 11 is 0. The summed E-state index contributed by atoms with van der Waals surface area (Å²) in [5.74, 6) is -3.03. The first-order chi connectivity index (χ1) is 8.49. The van der Waals surface area contributed by atoms with E-state index in [1.165, 1.54) is 0 Å². The van der Waals surface area contributed by atoms with Gasteiger partial charge in [0.05, 0.1) is 5.56 Å². The lowest BCUT2D eigenvalue weighted by Gasteiger charge is -2.06. The van der Waals surface area contributed by atoms with Gasteiger partial charge in [0, 0.05) is 29.5 Å². The van der Waals surface area contributed by atoms with Crippen LogP contribution in [0.5, 0.6) is 0 Å². The van der Waals surface area contributed by atoms with Crippen molar-refractivity contribution in [1.29, 1.82) is 0 Å². The maximum atomic E-state index is 13.6. The molecule has 2 aromatic rings. The summed E-state index contributed by atoms with van der Waals surface area (Å²) in [6, 6.07) is 3.62. The highest BCUT2D eigenvalue weighted by Gasteiger charge is 2.15. The molecule has 92 valence electrons. The Morgan fingerprint density at radius 2 is 1.89 bits per heavy atom. The summed E-state index contributed by atoms with van der Waals surface area (Å²) in [6.45, 7) is 0. The van der Waals surface area contributed by atoms with Crippen LogP contribution in [0.25, 0.3) is 11.1 Å². The molecule has 0 aliphatic heterocycles. The van der Waals surface area contributed by atoms with Crippen molar-refractivity contribution >= 4 is 5.97 Å². The number of aromatic nitrogens is 1. The number of aromatic amines is 1. The van der Waals surface area contributed by atoms with Crippen molar-refractivity contribution in [3.63, 3.8) is 0 Å². The molecule has 0 aliphatic carbocycles. The van der Waals surface area contributed by atoms with E-state index < -0.39 is 23.2 Å². The molecule has 0 spiro atoms. The number of hydrogen-bond donors (Lipinski definition) is 2. The van der Waals surface area contributed by atoms with Gasteiger partial charge >= 0.3 is 5.97 Å². The molecular formula is C12H7F2NO3. The van der Waals surface area contributed by atoms with E-state index in [4.69, 9.17) is 5.11 Å². The minimum absolute atomic E-state index is 0.0143. The third-order valence-corrected chi connectivity index (χ3v) is 2.38. The van der Waals surface area contributed by atoms with Gasteiger partial charge in [-0.1, -0.05) is 0 Å². The van der Waals surface area contributed by atoms with Crippen molar-refractivity contribution in [3.05, 3.63) is 58.0 Å². The number of hydrogen-bond acceptors (Lipinski definition) is 2. The van der Waals surface area contributed by atoms with Crippen molar-refractivity contribution in [2.24, 2.45) is 0 Å². The first-order valence-corrected chi connectivity index (χ1v) is 4.90. The average Bonchev–Trinajstić information content (AvgIpc) is 2.29. The number of carboxylic acid groups (broad SMARTS) is 1. The SMILES string of the molecule is O=C(O)c1cc(=O)[nH]cc1-c1ccc(F)cc1F. The van der Waals surface area contributed by atoms with Crippen molar-refractivity contribution in [1.82, 2.24) is 4.98 Å². The molecule has 4 nitrogen and oxygen atoms in total. The van der Waals surface area contributed by atoms with Crippen LogP contribution in [0.1, 0.15) is 10.4 Å². The van der Waals surface area contributed by atoms with E-state index >= 15 is 0 Å². The molecule has 0 radical (unpaired) electrons. The zero-order chi connectivity index (χ0) is 13.3. The molecule has 0 unspecified atom stereocenters. The third-order valence-electron chi connectivity index (χ3n) is 2.38. The molecule has 0 saturated heterocycles. The minimum atomic E-state index is -1.36. The van der Waals surface area contributed by atoms with Crippen LogP contribution in [0.4, 0.5) is 8.78 Å². The Morgan fingerprint density at radius 1 is 1.17 bits per heavy atom. The average molecular weight is 251 g/mol.